The van der Waals surface area contributed by atoms with E-state index in [1.807, 2.05) is 0 Å². The van der Waals surface area contributed by atoms with Crippen molar-refractivity contribution >= 4 is 5.91 Å². The number of hydrogen-bond acceptors (Lipinski definition) is 2. The number of aryl methyl sites for hydroxylation is 1. The van der Waals surface area contributed by atoms with Crippen molar-refractivity contribution in [2.45, 2.75) is 6.92 Å². The largest absolute Gasteiger partial charge is 0.503 e. The van der Waals surface area contributed by atoms with Gasteiger partial charge in [-0.25, -0.2) is 8.78 Å². The van der Waals surface area contributed by atoms with E-state index in [1.165, 1.54) is 6.92 Å². The van der Waals surface area contributed by atoms with Gasteiger partial charge in [-0.2, -0.15) is 0 Å². The van der Waals surface area contributed by atoms with Crippen molar-refractivity contribution in [2.24, 2.45) is 5.73 Å². The van der Waals surface area contributed by atoms with Crippen molar-refractivity contribution in [3.05, 3.63) is 28.8 Å². The summed E-state index contributed by atoms with van der Waals surface area (Å²) >= 11 is 0. The molecule has 0 aliphatic carbocycles. The standard InChI is InChI=1S/C8H7F2NO2/c1-3-2-4(9)7(12)6(10)5(3)8(11)13/h2,12H,1H3,(H2,11,13). The van der Waals surface area contributed by atoms with Crippen LogP contribution in [0.2, 0.25) is 0 Å². The van der Waals surface area contributed by atoms with Crippen LogP contribution in [-0.4, -0.2) is 11.0 Å². The zero-order valence-electron chi connectivity index (χ0n) is 6.77. The number of rotatable bonds is 1. The molecule has 0 fully saturated rings. The van der Waals surface area contributed by atoms with Crippen LogP contribution in [0, 0.1) is 18.6 Å². The Bertz CT molecular complexity index is 377. The highest BCUT2D eigenvalue weighted by Gasteiger charge is 2.19. The fraction of sp³-hybridized carbons (Fsp3) is 0.125. The molecule has 0 aliphatic heterocycles. The number of primary amides is 1. The number of carbonyl (C=O) groups excluding carboxylic acids is 1. The molecule has 3 nitrogen and oxygen atoms in total. The number of carbonyl (C=O) groups is 1. The van der Waals surface area contributed by atoms with Gasteiger partial charge in [-0.3, -0.25) is 4.79 Å². The molecule has 0 bridgehead atoms. The zero-order chi connectivity index (χ0) is 10.2. The average molecular weight is 187 g/mol. The van der Waals surface area contributed by atoms with Crippen molar-refractivity contribution in [3.63, 3.8) is 0 Å². The summed E-state index contributed by atoms with van der Waals surface area (Å²) in [4.78, 5) is 10.7. The van der Waals surface area contributed by atoms with Crippen LogP contribution >= 0.6 is 0 Å². The van der Waals surface area contributed by atoms with E-state index in [0.717, 1.165) is 6.07 Å². The highest BCUT2D eigenvalue weighted by atomic mass is 19.1. The second-order valence-corrected chi connectivity index (χ2v) is 2.58. The van der Waals surface area contributed by atoms with Crippen LogP contribution in [0.3, 0.4) is 0 Å². The molecule has 0 saturated carbocycles. The fourth-order valence-electron chi connectivity index (χ4n) is 1.03. The van der Waals surface area contributed by atoms with Crippen molar-refractivity contribution in [2.75, 3.05) is 0 Å². The van der Waals surface area contributed by atoms with Crippen molar-refractivity contribution in [3.8, 4) is 5.75 Å². The molecule has 1 aromatic rings. The third-order valence-electron chi connectivity index (χ3n) is 1.64. The predicted molar refractivity (Wildman–Crippen MR) is 41.3 cm³/mol. The first-order chi connectivity index (χ1) is 5.95. The third-order valence-corrected chi connectivity index (χ3v) is 1.64. The van der Waals surface area contributed by atoms with Gasteiger partial charge < -0.3 is 10.8 Å². The summed E-state index contributed by atoms with van der Waals surface area (Å²) < 4.78 is 25.6. The van der Waals surface area contributed by atoms with Crippen LogP contribution in [0.4, 0.5) is 8.78 Å². The lowest BCUT2D eigenvalue weighted by Crippen LogP contribution is -2.15. The van der Waals surface area contributed by atoms with Crippen LogP contribution in [0.5, 0.6) is 5.75 Å². The average Bonchev–Trinajstić information content (AvgIpc) is 1.99. The van der Waals surface area contributed by atoms with Crippen LogP contribution in [0.1, 0.15) is 15.9 Å². The quantitative estimate of drug-likeness (QED) is 0.690. The molecule has 5 heteroatoms. The molecule has 1 amide bonds. The van der Waals surface area contributed by atoms with E-state index in [9.17, 15) is 13.6 Å². The molecule has 0 atom stereocenters. The first-order valence-electron chi connectivity index (χ1n) is 3.42. The van der Waals surface area contributed by atoms with E-state index < -0.39 is 28.9 Å². The summed E-state index contributed by atoms with van der Waals surface area (Å²) in [6.45, 7) is 1.33. The Labute approximate surface area is 72.8 Å². The van der Waals surface area contributed by atoms with Crippen LogP contribution < -0.4 is 5.73 Å². The van der Waals surface area contributed by atoms with Crippen LogP contribution in [-0.2, 0) is 0 Å². The van der Waals surface area contributed by atoms with E-state index in [4.69, 9.17) is 10.8 Å². The van der Waals surface area contributed by atoms with E-state index in [-0.39, 0.29) is 5.56 Å². The zero-order valence-corrected chi connectivity index (χ0v) is 6.77. The van der Waals surface area contributed by atoms with Gasteiger partial charge in [0.2, 0.25) is 0 Å². The molecule has 0 unspecified atom stereocenters. The maximum atomic E-state index is 13.0. The molecule has 0 aromatic heterocycles. The Morgan fingerprint density at radius 2 is 2.08 bits per heavy atom. The lowest BCUT2D eigenvalue weighted by molar-refractivity contribution is 0.0995. The summed E-state index contributed by atoms with van der Waals surface area (Å²) in [5.41, 5.74) is 4.39. The molecular weight excluding hydrogens is 180 g/mol. The molecule has 0 aliphatic rings. The number of aromatic hydroxyl groups is 1. The SMILES string of the molecule is Cc1cc(F)c(O)c(F)c1C(N)=O. The number of hydrogen-bond donors (Lipinski definition) is 2. The highest BCUT2D eigenvalue weighted by molar-refractivity contribution is 5.95. The lowest BCUT2D eigenvalue weighted by Gasteiger charge is -2.05. The fourth-order valence-corrected chi connectivity index (χ4v) is 1.03. The van der Waals surface area contributed by atoms with Gasteiger partial charge in [-0.05, 0) is 18.6 Å². The molecule has 1 aromatic carbocycles. The minimum atomic E-state index is -1.31. The first kappa shape index (κ1) is 9.44. The van der Waals surface area contributed by atoms with Gasteiger partial charge in [0.25, 0.3) is 5.91 Å². The topological polar surface area (TPSA) is 63.3 Å². The van der Waals surface area contributed by atoms with Crippen LogP contribution in [0.15, 0.2) is 6.07 Å². The number of amides is 1. The second kappa shape index (κ2) is 3.01. The van der Waals surface area contributed by atoms with E-state index in [2.05, 4.69) is 0 Å². The minimum absolute atomic E-state index is 0.0558. The molecule has 1 rings (SSSR count). The van der Waals surface area contributed by atoms with Gasteiger partial charge in [-0.1, -0.05) is 0 Å². The van der Waals surface area contributed by atoms with E-state index in [0.29, 0.717) is 0 Å². The summed E-state index contributed by atoms with van der Waals surface area (Å²) in [6.07, 6.45) is 0. The van der Waals surface area contributed by atoms with Gasteiger partial charge >= 0.3 is 0 Å². The van der Waals surface area contributed by atoms with Crippen molar-refractivity contribution in [1.29, 1.82) is 0 Å². The van der Waals surface area contributed by atoms with Gasteiger partial charge in [0, 0.05) is 0 Å². The highest BCUT2D eigenvalue weighted by Crippen LogP contribution is 2.25. The first-order valence-corrected chi connectivity index (χ1v) is 3.42. The number of nitrogens with two attached hydrogens (primary N) is 1. The van der Waals surface area contributed by atoms with Gasteiger partial charge in [0.15, 0.2) is 17.4 Å². The Hall–Kier alpha value is -1.65. The lowest BCUT2D eigenvalue weighted by atomic mass is 10.1. The number of phenolic OH excluding ortho intramolecular Hbond substituents is 1. The maximum absolute atomic E-state index is 13.0. The Kier molecular flexibility index (Phi) is 2.18. The Morgan fingerprint density at radius 1 is 1.54 bits per heavy atom. The van der Waals surface area contributed by atoms with Gasteiger partial charge in [0.1, 0.15) is 0 Å². The summed E-state index contributed by atoms with van der Waals surface area (Å²) in [5.74, 6) is -4.64. The molecule has 13 heavy (non-hydrogen) atoms. The Balaban J connectivity index is 3.53. The predicted octanol–water partition coefficient (Wildman–Crippen LogP) is 1.08. The monoisotopic (exact) mass is 187 g/mol. The number of phenols is 1. The summed E-state index contributed by atoms with van der Waals surface area (Å²) in [6, 6.07) is 0.846. The second-order valence-electron chi connectivity index (χ2n) is 2.58. The van der Waals surface area contributed by atoms with Gasteiger partial charge in [-0.15, -0.1) is 0 Å². The molecule has 0 heterocycles. The van der Waals surface area contributed by atoms with E-state index >= 15 is 0 Å². The number of benzene rings is 1. The van der Waals surface area contributed by atoms with Crippen molar-refractivity contribution in [1.82, 2.24) is 0 Å². The van der Waals surface area contributed by atoms with Crippen molar-refractivity contribution < 1.29 is 18.7 Å². The summed E-state index contributed by atoms with van der Waals surface area (Å²) in [7, 11) is 0. The molecule has 3 N–H and O–H groups in total. The van der Waals surface area contributed by atoms with Gasteiger partial charge in [0.05, 0.1) is 5.56 Å². The third kappa shape index (κ3) is 1.44. The normalized spacial score (nSPS) is 10.1. The van der Waals surface area contributed by atoms with E-state index in [1.54, 1.807) is 0 Å². The van der Waals surface area contributed by atoms with Crippen LogP contribution in [0.25, 0.3) is 0 Å². The summed E-state index contributed by atoms with van der Waals surface area (Å²) in [5, 5.41) is 8.80. The Morgan fingerprint density at radius 3 is 2.54 bits per heavy atom. The smallest absolute Gasteiger partial charge is 0.252 e. The minimum Gasteiger partial charge on any atom is -0.503 e. The molecule has 70 valence electrons. The molecule has 0 radical (unpaired) electrons. The molecule has 0 spiro atoms. The number of halogens is 2. The molecular formula is C8H7F2NO2. The molecule has 0 saturated heterocycles. The maximum Gasteiger partial charge on any atom is 0.252 e.